The Bertz CT molecular complexity index is 807. The van der Waals surface area contributed by atoms with Gasteiger partial charge < -0.3 is 10.2 Å². The summed E-state index contributed by atoms with van der Waals surface area (Å²) in [6.45, 7) is 0. The number of carboxylic acid groups (broad SMARTS) is 2. The van der Waals surface area contributed by atoms with Gasteiger partial charge in [0.1, 0.15) is 5.57 Å². The molecule has 0 aliphatic heterocycles. The van der Waals surface area contributed by atoms with Crippen molar-refractivity contribution in [2.45, 2.75) is 6.18 Å². The van der Waals surface area contributed by atoms with Crippen LogP contribution in [0.1, 0.15) is 11.1 Å². The standard InChI is InChI=1S/C17H11F3O4/c18-17(19,20)12-6-3-5-10(8-12)13-7-2-1-4-11(13)9-14(15(21)22)16(23)24/h1-9H,(H,21,22)(H,23,24). The van der Waals surface area contributed by atoms with E-state index in [4.69, 9.17) is 10.2 Å². The molecule has 0 bridgehead atoms. The Labute approximate surface area is 134 Å². The first-order valence-electron chi connectivity index (χ1n) is 6.65. The van der Waals surface area contributed by atoms with E-state index in [0.29, 0.717) is 5.56 Å². The van der Waals surface area contributed by atoms with Crippen LogP contribution in [0.25, 0.3) is 17.2 Å². The van der Waals surface area contributed by atoms with E-state index in [1.165, 1.54) is 30.3 Å². The lowest BCUT2D eigenvalue weighted by molar-refractivity contribution is -0.140. The van der Waals surface area contributed by atoms with Crippen LogP contribution in [0.2, 0.25) is 0 Å². The second-order valence-corrected chi connectivity index (χ2v) is 4.83. The number of hydrogen-bond acceptors (Lipinski definition) is 2. The Hall–Kier alpha value is -3.09. The van der Waals surface area contributed by atoms with Gasteiger partial charge in [-0.1, -0.05) is 36.4 Å². The van der Waals surface area contributed by atoms with Crippen LogP contribution in [0.5, 0.6) is 0 Å². The second kappa shape index (κ2) is 6.57. The second-order valence-electron chi connectivity index (χ2n) is 4.83. The molecule has 2 rings (SSSR count). The number of aliphatic carboxylic acids is 2. The molecule has 7 heteroatoms. The summed E-state index contributed by atoms with van der Waals surface area (Å²) in [4.78, 5) is 22.0. The number of alkyl halides is 3. The fourth-order valence-corrected chi connectivity index (χ4v) is 2.12. The molecule has 2 aromatic carbocycles. The van der Waals surface area contributed by atoms with Crippen LogP contribution >= 0.6 is 0 Å². The molecule has 2 N–H and O–H groups in total. The molecule has 0 amide bonds. The van der Waals surface area contributed by atoms with Gasteiger partial charge >= 0.3 is 18.1 Å². The van der Waals surface area contributed by atoms with Gasteiger partial charge in [0.2, 0.25) is 0 Å². The maximum atomic E-state index is 12.8. The molecule has 0 aliphatic rings. The Balaban J connectivity index is 2.60. The van der Waals surface area contributed by atoms with E-state index in [1.807, 2.05) is 0 Å². The van der Waals surface area contributed by atoms with Gasteiger partial charge in [-0.2, -0.15) is 13.2 Å². The summed E-state index contributed by atoms with van der Waals surface area (Å²) in [6, 6.07) is 10.5. The first-order valence-corrected chi connectivity index (χ1v) is 6.65. The Kier molecular flexibility index (Phi) is 4.73. The molecule has 0 spiro atoms. The van der Waals surface area contributed by atoms with E-state index in [0.717, 1.165) is 18.2 Å². The SMILES string of the molecule is O=C(O)C(=Cc1ccccc1-c1cccc(C(F)(F)F)c1)C(=O)O. The van der Waals surface area contributed by atoms with Gasteiger partial charge in [0.05, 0.1) is 5.56 Å². The third-order valence-electron chi connectivity index (χ3n) is 3.22. The zero-order chi connectivity index (χ0) is 17.9. The average molecular weight is 336 g/mol. The minimum absolute atomic E-state index is 0.191. The predicted octanol–water partition coefficient (Wildman–Crippen LogP) is 3.93. The average Bonchev–Trinajstić information content (AvgIpc) is 2.51. The lowest BCUT2D eigenvalue weighted by atomic mass is 9.96. The van der Waals surface area contributed by atoms with Crippen LogP contribution in [0, 0.1) is 0 Å². The highest BCUT2D eigenvalue weighted by Gasteiger charge is 2.30. The number of hydrogen-bond donors (Lipinski definition) is 2. The van der Waals surface area contributed by atoms with Crippen molar-refractivity contribution in [3.63, 3.8) is 0 Å². The first-order chi connectivity index (χ1) is 11.2. The summed E-state index contributed by atoms with van der Waals surface area (Å²) in [5.74, 6) is -3.28. The molecule has 0 saturated heterocycles. The highest BCUT2D eigenvalue weighted by atomic mass is 19.4. The van der Waals surface area contributed by atoms with Crippen molar-refractivity contribution in [3.8, 4) is 11.1 Å². The number of carboxylic acids is 2. The fourth-order valence-electron chi connectivity index (χ4n) is 2.12. The zero-order valence-corrected chi connectivity index (χ0v) is 12.0. The van der Waals surface area contributed by atoms with E-state index in [9.17, 15) is 22.8 Å². The Morgan fingerprint density at radius 2 is 1.54 bits per heavy atom. The van der Waals surface area contributed by atoms with E-state index in [1.54, 1.807) is 6.07 Å². The van der Waals surface area contributed by atoms with Gasteiger partial charge in [0.15, 0.2) is 0 Å². The normalized spacial score (nSPS) is 11.0. The van der Waals surface area contributed by atoms with Crippen LogP contribution in [-0.4, -0.2) is 22.2 Å². The summed E-state index contributed by atoms with van der Waals surface area (Å²) >= 11 is 0. The lowest BCUT2D eigenvalue weighted by Gasteiger charge is -2.11. The fraction of sp³-hybridized carbons (Fsp3) is 0.0588. The quantitative estimate of drug-likeness (QED) is 0.504. The minimum atomic E-state index is -4.52. The van der Waals surface area contributed by atoms with Crippen molar-refractivity contribution >= 4 is 18.0 Å². The third kappa shape index (κ3) is 3.81. The van der Waals surface area contributed by atoms with Crippen molar-refractivity contribution in [3.05, 3.63) is 65.2 Å². The van der Waals surface area contributed by atoms with E-state index < -0.39 is 29.3 Å². The maximum Gasteiger partial charge on any atom is 0.416 e. The summed E-state index contributed by atoms with van der Waals surface area (Å²) in [7, 11) is 0. The van der Waals surface area contributed by atoms with Gasteiger partial charge in [-0.25, -0.2) is 9.59 Å². The molecule has 2 aromatic rings. The topological polar surface area (TPSA) is 74.6 Å². The molecule has 0 fully saturated rings. The van der Waals surface area contributed by atoms with Gasteiger partial charge in [-0.3, -0.25) is 0 Å². The molecule has 4 nitrogen and oxygen atoms in total. The lowest BCUT2D eigenvalue weighted by Crippen LogP contribution is -2.11. The highest BCUT2D eigenvalue weighted by Crippen LogP contribution is 2.33. The van der Waals surface area contributed by atoms with Crippen molar-refractivity contribution in [2.24, 2.45) is 0 Å². The molecule has 0 radical (unpaired) electrons. The smallest absolute Gasteiger partial charge is 0.416 e. The number of halogens is 3. The van der Waals surface area contributed by atoms with E-state index in [-0.39, 0.29) is 11.1 Å². The van der Waals surface area contributed by atoms with Crippen LogP contribution in [0.4, 0.5) is 13.2 Å². The van der Waals surface area contributed by atoms with E-state index >= 15 is 0 Å². The predicted molar refractivity (Wildman–Crippen MR) is 80.1 cm³/mol. The molecule has 0 atom stereocenters. The number of carbonyl (C=O) groups is 2. The minimum Gasteiger partial charge on any atom is -0.477 e. The van der Waals surface area contributed by atoms with E-state index in [2.05, 4.69) is 0 Å². The van der Waals surface area contributed by atoms with Crippen molar-refractivity contribution in [2.75, 3.05) is 0 Å². The molecule has 24 heavy (non-hydrogen) atoms. The van der Waals surface area contributed by atoms with Gasteiger partial charge in [-0.15, -0.1) is 0 Å². The Morgan fingerprint density at radius 1 is 0.917 bits per heavy atom. The van der Waals surface area contributed by atoms with Crippen molar-refractivity contribution < 1.29 is 33.0 Å². The molecule has 0 saturated carbocycles. The third-order valence-corrected chi connectivity index (χ3v) is 3.22. The number of rotatable bonds is 4. The molecular formula is C17H11F3O4. The van der Waals surface area contributed by atoms with Gasteiger partial charge in [0, 0.05) is 0 Å². The molecular weight excluding hydrogens is 325 g/mol. The largest absolute Gasteiger partial charge is 0.477 e. The Morgan fingerprint density at radius 3 is 2.12 bits per heavy atom. The monoisotopic (exact) mass is 336 g/mol. The summed E-state index contributed by atoms with van der Waals surface area (Å²) in [5, 5.41) is 17.8. The summed E-state index contributed by atoms with van der Waals surface area (Å²) in [6.07, 6.45) is -3.60. The maximum absolute atomic E-state index is 12.8. The van der Waals surface area contributed by atoms with Crippen molar-refractivity contribution in [1.29, 1.82) is 0 Å². The first kappa shape index (κ1) is 17.3. The number of benzene rings is 2. The van der Waals surface area contributed by atoms with Gasteiger partial charge in [0.25, 0.3) is 0 Å². The summed E-state index contributed by atoms with van der Waals surface area (Å²) in [5.41, 5.74) is -1.04. The molecule has 0 heterocycles. The molecule has 0 aromatic heterocycles. The highest BCUT2D eigenvalue weighted by molar-refractivity contribution is 6.16. The molecule has 0 aliphatic carbocycles. The zero-order valence-electron chi connectivity index (χ0n) is 12.0. The van der Waals surface area contributed by atoms with Crippen molar-refractivity contribution in [1.82, 2.24) is 0 Å². The van der Waals surface area contributed by atoms with Crippen LogP contribution in [0.15, 0.2) is 54.1 Å². The molecule has 124 valence electrons. The summed E-state index contributed by atoms with van der Waals surface area (Å²) < 4.78 is 38.5. The van der Waals surface area contributed by atoms with Crippen LogP contribution < -0.4 is 0 Å². The van der Waals surface area contributed by atoms with Crippen LogP contribution in [0.3, 0.4) is 0 Å². The molecule has 0 unspecified atom stereocenters. The van der Waals surface area contributed by atoms with Crippen LogP contribution in [-0.2, 0) is 15.8 Å². The van der Waals surface area contributed by atoms with Gasteiger partial charge in [-0.05, 0) is 34.9 Å².